The summed E-state index contributed by atoms with van der Waals surface area (Å²) in [6.07, 6.45) is 1.54. The SMILES string of the molecule is COc1cc(C)ccc1C(=O)CS(=O)C1CCOCC1. The van der Waals surface area contributed by atoms with Crippen molar-refractivity contribution >= 4 is 16.6 Å². The van der Waals surface area contributed by atoms with E-state index in [9.17, 15) is 9.00 Å². The molecular weight excluding hydrogens is 276 g/mol. The third-order valence-corrected chi connectivity index (χ3v) is 5.23. The molecule has 0 N–H and O–H groups in total. The molecule has 20 heavy (non-hydrogen) atoms. The minimum Gasteiger partial charge on any atom is -0.496 e. The van der Waals surface area contributed by atoms with Crippen LogP contribution in [0.1, 0.15) is 28.8 Å². The van der Waals surface area contributed by atoms with E-state index in [1.165, 1.54) is 0 Å². The Hall–Kier alpha value is -1.20. The average Bonchev–Trinajstić information content (AvgIpc) is 2.47. The van der Waals surface area contributed by atoms with Crippen molar-refractivity contribution in [3.63, 3.8) is 0 Å². The second-order valence-corrected chi connectivity index (χ2v) is 6.68. The molecule has 0 bridgehead atoms. The van der Waals surface area contributed by atoms with E-state index in [2.05, 4.69) is 0 Å². The molecule has 0 saturated carbocycles. The van der Waals surface area contributed by atoms with Crippen LogP contribution < -0.4 is 4.74 Å². The zero-order valence-corrected chi connectivity index (χ0v) is 12.7. The third-order valence-electron chi connectivity index (χ3n) is 3.47. The number of aryl methyl sites for hydroxylation is 1. The average molecular weight is 296 g/mol. The number of benzene rings is 1. The molecule has 0 spiro atoms. The second-order valence-electron chi connectivity index (χ2n) is 4.96. The van der Waals surface area contributed by atoms with Gasteiger partial charge in [-0.1, -0.05) is 6.07 Å². The van der Waals surface area contributed by atoms with Gasteiger partial charge in [0.25, 0.3) is 0 Å². The molecular formula is C15H20O4S. The Bertz CT molecular complexity index is 507. The minimum absolute atomic E-state index is 0.0596. The van der Waals surface area contributed by atoms with Gasteiger partial charge >= 0.3 is 0 Å². The Balaban J connectivity index is 2.06. The smallest absolute Gasteiger partial charge is 0.179 e. The van der Waals surface area contributed by atoms with Crippen molar-refractivity contribution in [1.29, 1.82) is 0 Å². The van der Waals surface area contributed by atoms with Gasteiger partial charge in [-0.25, -0.2) is 0 Å². The Morgan fingerprint density at radius 2 is 2.10 bits per heavy atom. The van der Waals surface area contributed by atoms with Gasteiger partial charge < -0.3 is 9.47 Å². The van der Waals surface area contributed by atoms with Crippen molar-refractivity contribution < 1.29 is 18.5 Å². The lowest BCUT2D eigenvalue weighted by Crippen LogP contribution is -2.28. The quantitative estimate of drug-likeness (QED) is 0.781. The van der Waals surface area contributed by atoms with Crippen LogP contribution in [0, 0.1) is 6.92 Å². The van der Waals surface area contributed by atoms with Crippen LogP contribution in [-0.4, -0.2) is 41.3 Å². The summed E-state index contributed by atoms with van der Waals surface area (Å²) >= 11 is 0. The Morgan fingerprint density at radius 3 is 2.75 bits per heavy atom. The number of carbonyl (C=O) groups is 1. The number of rotatable bonds is 5. The summed E-state index contributed by atoms with van der Waals surface area (Å²) in [6.45, 7) is 3.22. The van der Waals surface area contributed by atoms with Gasteiger partial charge in [0, 0.05) is 29.3 Å². The summed E-state index contributed by atoms with van der Waals surface area (Å²) < 4.78 is 22.7. The Kier molecular flexibility index (Phi) is 5.31. The zero-order valence-electron chi connectivity index (χ0n) is 11.9. The van der Waals surface area contributed by atoms with Crippen LogP contribution in [0.25, 0.3) is 0 Å². The van der Waals surface area contributed by atoms with Gasteiger partial charge in [0.05, 0.1) is 18.4 Å². The predicted octanol–water partition coefficient (Wildman–Crippen LogP) is 2.11. The molecule has 1 heterocycles. The molecule has 2 rings (SSSR count). The standard InChI is InChI=1S/C15H20O4S/c1-11-3-4-13(15(9-11)18-2)14(16)10-20(17)12-5-7-19-8-6-12/h3-4,9,12H,5-8,10H2,1-2H3. The molecule has 1 saturated heterocycles. The van der Waals surface area contributed by atoms with Crippen LogP contribution in [0.3, 0.4) is 0 Å². The normalized spacial score (nSPS) is 17.7. The molecule has 5 heteroatoms. The van der Waals surface area contributed by atoms with Crippen LogP contribution in [0.4, 0.5) is 0 Å². The molecule has 0 amide bonds. The number of ether oxygens (including phenoxy) is 2. The van der Waals surface area contributed by atoms with E-state index in [0.29, 0.717) is 24.5 Å². The molecule has 0 aromatic heterocycles. The summed E-state index contributed by atoms with van der Waals surface area (Å²) in [6, 6.07) is 5.44. The highest BCUT2D eigenvalue weighted by Gasteiger charge is 2.23. The zero-order chi connectivity index (χ0) is 14.5. The van der Waals surface area contributed by atoms with Crippen LogP contribution in [0.15, 0.2) is 18.2 Å². The molecule has 0 radical (unpaired) electrons. The number of ketones is 1. The molecule has 1 aliphatic heterocycles. The molecule has 110 valence electrons. The molecule has 1 unspecified atom stereocenters. The van der Waals surface area contributed by atoms with Crippen LogP contribution in [0.5, 0.6) is 5.75 Å². The summed E-state index contributed by atoms with van der Waals surface area (Å²) in [5.74, 6) is 0.495. The molecule has 0 aliphatic carbocycles. The largest absolute Gasteiger partial charge is 0.496 e. The fraction of sp³-hybridized carbons (Fsp3) is 0.533. The molecule has 1 fully saturated rings. The first-order valence-corrected chi connectivity index (χ1v) is 8.13. The lowest BCUT2D eigenvalue weighted by molar-refractivity contribution is 0.0979. The lowest BCUT2D eigenvalue weighted by Gasteiger charge is -2.21. The van der Waals surface area contributed by atoms with E-state index in [-0.39, 0.29) is 16.8 Å². The molecule has 1 atom stereocenters. The number of carbonyl (C=O) groups excluding carboxylic acids is 1. The monoisotopic (exact) mass is 296 g/mol. The molecule has 1 aromatic carbocycles. The van der Waals surface area contributed by atoms with Crippen molar-refractivity contribution in [1.82, 2.24) is 0 Å². The maximum absolute atomic E-state index is 12.3. The fourth-order valence-corrected chi connectivity index (χ4v) is 3.66. The van der Waals surface area contributed by atoms with Gasteiger partial charge in [-0.15, -0.1) is 0 Å². The second kappa shape index (κ2) is 6.99. The first kappa shape index (κ1) is 15.2. The van der Waals surface area contributed by atoms with Crippen molar-refractivity contribution in [3.8, 4) is 5.75 Å². The number of hydrogen-bond acceptors (Lipinski definition) is 4. The highest BCUT2D eigenvalue weighted by molar-refractivity contribution is 7.86. The van der Waals surface area contributed by atoms with Gasteiger partial charge in [0.2, 0.25) is 0 Å². The molecule has 1 aliphatic rings. The van der Waals surface area contributed by atoms with Gasteiger partial charge in [0.15, 0.2) is 5.78 Å². The number of methoxy groups -OCH3 is 1. The van der Waals surface area contributed by atoms with Gasteiger partial charge in [-0.3, -0.25) is 9.00 Å². The predicted molar refractivity (Wildman–Crippen MR) is 78.9 cm³/mol. The number of Topliss-reactive ketones (excluding diaryl/α,β-unsaturated/α-hetero) is 1. The van der Waals surface area contributed by atoms with Gasteiger partial charge in [0.1, 0.15) is 5.75 Å². The van der Waals surface area contributed by atoms with E-state index in [0.717, 1.165) is 18.4 Å². The van der Waals surface area contributed by atoms with E-state index in [1.807, 2.05) is 19.1 Å². The molecule has 4 nitrogen and oxygen atoms in total. The summed E-state index contributed by atoms with van der Waals surface area (Å²) in [5, 5.41) is 0.0733. The van der Waals surface area contributed by atoms with E-state index >= 15 is 0 Å². The highest BCUT2D eigenvalue weighted by atomic mass is 32.2. The molecule has 1 aromatic rings. The maximum Gasteiger partial charge on any atom is 0.179 e. The fourth-order valence-electron chi connectivity index (χ4n) is 2.29. The summed E-state index contributed by atoms with van der Waals surface area (Å²) in [4.78, 5) is 12.3. The van der Waals surface area contributed by atoms with Crippen molar-refractivity contribution in [2.75, 3.05) is 26.1 Å². The topological polar surface area (TPSA) is 52.6 Å². The first-order chi connectivity index (χ1) is 9.61. The van der Waals surface area contributed by atoms with Crippen LogP contribution in [-0.2, 0) is 15.5 Å². The highest BCUT2D eigenvalue weighted by Crippen LogP contribution is 2.22. The minimum atomic E-state index is -1.14. The van der Waals surface area contributed by atoms with Gasteiger partial charge in [-0.05, 0) is 37.5 Å². The third kappa shape index (κ3) is 3.67. The van der Waals surface area contributed by atoms with E-state index < -0.39 is 10.8 Å². The van der Waals surface area contributed by atoms with Crippen molar-refractivity contribution in [3.05, 3.63) is 29.3 Å². The van der Waals surface area contributed by atoms with Crippen molar-refractivity contribution in [2.24, 2.45) is 0 Å². The Morgan fingerprint density at radius 1 is 1.40 bits per heavy atom. The number of hydrogen-bond donors (Lipinski definition) is 0. The van der Waals surface area contributed by atoms with Crippen LogP contribution in [0.2, 0.25) is 0 Å². The van der Waals surface area contributed by atoms with Crippen LogP contribution >= 0.6 is 0 Å². The van der Waals surface area contributed by atoms with E-state index in [4.69, 9.17) is 9.47 Å². The van der Waals surface area contributed by atoms with Crippen molar-refractivity contribution in [2.45, 2.75) is 25.0 Å². The van der Waals surface area contributed by atoms with Gasteiger partial charge in [-0.2, -0.15) is 0 Å². The maximum atomic E-state index is 12.3. The summed E-state index contributed by atoms with van der Waals surface area (Å²) in [7, 11) is 0.405. The first-order valence-electron chi connectivity index (χ1n) is 6.74. The summed E-state index contributed by atoms with van der Waals surface area (Å²) in [5.41, 5.74) is 1.54. The lowest BCUT2D eigenvalue weighted by atomic mass is 10.1. The van der Waals surface area contributed by atoms with E-state index in [1.54, 1.807) is 13.2 Å². The Labute approximate surface area is 121 Å².